The highest BCUT2D eigenvalue weighted by molar-refractivity contribution is 7.91. The van der Waals surface area contributed by atoms with E-state index in [1.807, 2.05) is 37.3 Å². The highest BCUT2D eigenvalue weighted by Crippen LogP contribution is 2.29. The molecule has 1 heterocycles. The molecule has 20 heavy (non-hydrogen) atoms. The molecule has 0 radical (unpaired) electrons. The van der Waals surface area contributed by atoms with E-state index in [9.17, 15) is 8.42 Å². The molecule has 0 spiro atoms. The number of nitrogen functional groups attached to an aromatic ring is 1. The summed E-state index contributed by atoms with van der Waals surface area (Å²) in [7, 11) is -3.45. The summed E-state index contributed by atoms with van der Waals surface area (Å²) in [5.74, 6) is 0.424. The van der Waals surface area contributed by atoms with Gasteiger partial charge in [-0.25, -0.2) is 13.1 Å². The van der Waals surface area contributed by atoms with Gasteiger partial charge in [0.2, 0.25) is 0 Å². The van der Waals surface area contributed by atoms with E-state index in [1.54, 1.807) is 0 Å². The first-order valence-corrected chi connectivity index (χ1v) is 8.22. The number of nitrogens with zero attached hydrogens (tertiary/aromatic N) is 2. The molecule has 0 saturated heterocycles. The predicted octanol–water partition coefficient (Wildman–Crippen LogP) is 1.68. The molecule has 108 valence electrons. The van der Waals surface area contributed by atoms with E-state index in [4.69, 9.17) is 5.73 Å². The fourth-order valence-electron chi connectivity index (χ4n) is 1.91. The Labute approximate surface area is 118 Å². The molecular weight excluding hydrogens is 276 g/mol. The zero-order valence-electron chi connectivity index (χ0n) is 11.5. The number of para-hydroxylation sites is 1. The van der Waals surface area contributed by atoms with Crippen LogP contribution in [-0.2, 0) is 9.84 Å². The second-order valence-corrected chi connectivity index (χ2v) is 6.46. The number of sulfone groups is 1. The maximum atomic E-state index is 11.9. The molecule has 0 aliphatic heterocycles. The van der Waals surface area contributed by atoms with Crippen molar-refractivity contribution in [2.45, 2.75) is 18.2 Å². The van der Waals surface area contributed by atoms with Crippen LogP contribution in [0.1, 0.15) is 13.3 Å². The van der Waals surface area contributed by atoms with E-state index in [-0.39, 0.29) is 10.7 Å². The van der Waals surface area contributed by atoms with Crippen molar-refractivity contribution in [2.75, 3.05) is 23.9 Å². The smallest absolute Gasteiger partial charge is 0.182 e. The molecule has 2 aromatic rings. The van der Waals surface area contributed by atoms with Gasteiger partial charge in [-0.2, -0.15) is 0 Å². The third-order valence-corrected chi connectivity index (χ3v) is 3.93. The Morgan fingerprint density at radius 2 is 1.95 bits per heavy atom. The molecule has 1 aromatic carbocycles. The van der Waals surface area contributed by atoms with Crippen molar-refractivity contribution in [1.29, 1.82) is 0 Å². The zero-order chi connectivity index (χ0) is 14.8. The summed E-state index contributed by atoms with van der Waals surface area (Å²) < 4.78 is 25.3. The summed E-state index contributed by atoms with van der Waals surface area (Å²) in [5, 5.41) is 7.29. The third kappa shape index (κ3) is 2.77. The Bertz CT molecular complexity index is 693. The van der Waals surface area contributed by atoms with Gasteiger partial charge in [-0.05, 0) is 18.6 Å². The van der Waals surface area contributed by atoms with Crippen LogP contribution in [-0.4, -0.2) is 31.0 Å². The van der Waals surface area contributed by atoms with Gasteiger partial charge in [-0.15, -0.1) is 5.10 Å². The van der Waals surface area contributed by atoms with Crippen LogP contribution in [0.25, 0.3) is 5.69 Å². The van der Waals surface area contributed by atoms with Crippen LogP contribution in [0.3, 0.4) is 0 Å². The van der Waals surface area contributed by atoms with Crippen molar-refractivity contribution in [1.82, 2.24) is 9.78 Å². The quantitative estimate of drug-likeness (QED) is 0.875. The second-order valence-electron chi connectivity index (χ2n) is 4.51. The van der Waals surface area contributed by atoms with E-state index in [0.29, 0.717) is 12.4 Å². The van der Waals surface area contributed by atoms with Gasteiger partial charge in [0.1, 0.15) is 5.82 Å². The zero-order valence-corrected chi connectivity index (χ0v) is 12.3. The van der Waals surface area contributed by atoms with Gasteiger partial charge < -0.3 is 11.1 Å². The molecule has 6 nitrogen and oxygen atoms in total. The molecule has 0 fully saturated rings. The number of rotatable bonds is 5. The molecule has 7 heteroatoms. The van der Waals surface area contributed by atoms with Crippen LogP contribution in [0.5, 0.6) is 0 Å². The summed E-state index contributed by atoms with van der Waals surface area (Å²) in [5.41, 5.74) is 6.70. The summed E-state index contributed by atoms with van der Waals surface area (Å²) in [6, 6.07) is 9.19. The molecule has 0 aliphatic carbocycles. The molecule has 0 amide bonds. The van der Waals surface area contributed by atoms with Gasteiger partial charge >= 0.3 is 0 Å². The van der Waals surface area contributed by atoms with Crippen LogP contribution in [0, 0.1) is 0 Å². The van der Waals surface area contributed by atoms with Gasteiger partial charge in [0.25, 0.3) is 0 Å². The van der Waals surface area contributed by atoms with Crippen LogP contribution in [0.2, 0.25) is 0 Å². The fourth-order valence-corrected chi connectivity index (χ4v) is 2.84. The Morgan fingerprint density at radius 1 is 1.30 bits per heavy atom. The summed E-state index contributed by atoms with van der Waals surface area (Å²) in [4.78, 5) is 0.0507. The van der Waals surface area contributed by atoms with Crippen molar-refractivity contribution in [2.24, 2.45) is 0 Å². The standard InChI is InChI=1S/C13H18N4O2S/c1-3-9-15-13-11(20(2,18)19)12(14)17(16-13)10-7-5-4-6-8-10/h4-8H,3,9,14H2,1-2H3,(H,15,16). The number of benzene rings is 1. The van der Waals surface area contributed by atoms with Crippen molar-refractivity contribution in [3.8, 4) is 5.69 Å². The van der Waals surface area contributed by atoms with Gasteiger partial charge in [0.05, 0.1) is 5.69 Å². The number of anilines is 2. The van der Waals surface area contributed by atoms with Crippen molar-refractivity contribution in [3.63, 3.8) is 0 Å². The second kappa shape index (κ2) is 5.54. The predicted molar refractivity (Wildman–Crippen MR) is 79.9 cm³/mol. The summed E-state index contributed by atoms with van der Waals surface area (Å²) >= 11 is 0. The monoisotopic (exact) mass is 294 g/mol. The van der Waals surface area contributed by atoms with Crippen LogP contribution >= 0.6 is 0 Å². The third-order valence-electron chi connectivity index (χ3n) is 2.79. The van der Waals surface area contributed by atoms with E-state index in [2.05, 4.69) is 10.4 Å². The fraction of sp³-hybridized carbons (Fsp3) is 0.308. The number of aromatic nitrogens is 2. The highest BCUT2D eigenvalue weighted by atomic mass is 32.2. The normalized spacial score (nSPS) is 11.5. The van der Waals surface area contributed by atoms with E-state index < -0.39 is 9.84 Å². The molecule has 3 N–H and O–H groups in total. The van der Waals surface area contributed by atoms with Crippen LogP contribution in [0.4, 0.5) is 11.6 Å². The first-order valence-electron chi connectivity index (χ1n) is 6.33. The lowest BCUT2D eigenvalue weighted by Crippen LogP contribution is -2.07. The van der Waals surface area contributed by atoms with Gasteiger partial charge in [-0.3, -0.25) is 0 Å². The average Bonchev–Trinajstić information content (AvgIpc) is 2.74. The van der Waals surface area contributed by atoms with Crippen molar-refractivity contribution >= 4 is 21.5 Å². The maximum absolute atomic E-state index is 11.9. The van der Waals surface area contributed by atoms with E-state index >= 15 is 0 Å². The first kappa shape index (κ1) is 14.4. The maximum Gasteiger partial charge on any atom is 0.182 e. The number of nitrogens with two attached hydrogens (primary N) is 1. The minimum atomic E-state index is -3.45. The summed E-state index contributed by atoms with van der Waals surface area (Å²) in [6.45, 7) is 2.62. The topological polar surface area (TPSA) is 90.0 Å². The number of hydrogen-bond acceptors (Lipinski definition) is 5. The minimum Gasteiger partial charge on any atom is -0.382 e. The molecule has 2 rings (SSSR count). The molecule has 0 aliphatic rings. The number of nitrogens with one attached hydrogen (secondary N) is 1. The first-order chi connectivity index (χ1) is 9.45. The molecular formula is C13H18N4O2S. The molecule has 0 atom stereocenters. The van der Waals surface area contributed by atoms with Crippen LogP contribution in [0.15, 0.2) is 35.2 Å². The minimum absolute atomic E-state index is 0.0507. The van der Waals surface area contributed by atoms with E-state index in [1.165, 1.54) is 4.68 Å². The molecule has 0 saturated carbocycles. The van der Waals surface area contributed by atoms with E-state index in [0.717, 1.165) is 18.4 Å². The Kier molecular flexibility index (Phi) is 3.99. The molecule has 0 bridgehead atoms. The lowest BCUT2D eigenvalue weighted by molar-refractivity contribution is 0.602. The van der Waals surface area contributed by atoms with Gasteiger partial charge in [0, 0.05) is 12.8 Å². The SMILES string of the molecule is CCCNc1nn(-c2ccccc2)c(N)c1S(C)(=O)=O. The number of hydrogen-bond donors (Lipinski definition) is 2. The molecule has 0 unspecified atom stereocenters. The molecule has 1 aromatic heterocycles. The average molecular weight is 294 g/mol. The lowest BCUT2D eigenvalue weighted by Gasteiger charge is -2.03. The van der Waals surface area contributed by atoms with Crippen molar-refractivity contribution in [3.05, 3.63) is 30.3 Å². The van der Waals surface area contributed by atoms with Gasteiger partial charge in [0.15, 0.2) is 20.6 Å². The highest BCUT2D eigenvalue weighted by Gasteiger charge is 2.24. The lowest BCUT2D eigenvalue weighted by atomic mass is 10.3. The van der Waals surface area contributed by atoms with Crippen LogP contribution < -0.4 is 11.1 Å². The Balaban J connectivity index is 2.59. The largest absolute Gasteiger partial charge is 0.382 e. The van der Waals surface area contributed by atoms with Gasteiger partial charge in [-0.1, -0.05) is 25.1 Å². The van der Waals surface area contributed by atoms with Crippen molar-refractivity contribution < 1.29 is 8.42 Å². The summed E-state index contributed by atoms with van der Waals surface area (Å²) in [6.07, 6.45) is 1.99. The Morgan fingerprint density at radius 3 is 2.50 bits per heavy atom. The Hall–Kier alpha value is -2.02.